The second kappa shape index (κ2) is 9.84. The first-order chi connectivity index (χ1) is 13.2. The lowest BCUT2D eigenvalue weighted by Crippen LogP contribution is -2.45. The molecule has 1 amide bonds. The lowest BCUT2D eigenvalue weighted by atomic mass is 9.78. The lowest BCUT2D eigenvalue weighted by Gasteiger charge is -2.34. The molecule has 2 N–H and O–H groups in total. The summed E-state index contributed by atoms with van der Waals surface area (Å²) in [5.41, 5.74) is 0.176. The van der Waals surface area contributed by atoms with Crippen LogP contribution in [0.3, 0.4) is 0 Å². The minimum Gasteiger partial charge on any atom is -0.452 e. The molecule has 28 heavy (non-hydrogen) atoms. The van der Waals surface area contributed by atoms with Gasteiger partial charge in [0.05, 0.1) is 10.5 Å². The molecular formula is C20H28N2O5S. The number of nitrogens with one attached hydrogen (secondary N) is 2. The summed E-state index contributed by atoms with van der Waals surface area (Å²) in [6, 6.07) is 5.43. The molecule has 7 nitrogen and oxygen atoms in total. The van der Waals surface area contributed by atoms with E-state index in [1.54, 1.807) is 0 Å². The van der Waals surface area contributed by atoms with Crippen LogP contribution in [0, 0.1) is 11.8 Å². The van der Waals surface area contributed by atoms with E-state index in [9.17, 15) is 18.0 Å². The minimum absolute atomic E-state index is 0.0315. The molecule has 0 spiro atoms. The molecular weight excluding hydrogens is 380 g/mol. The van der Waals surface area contributed by atoms with Crippen LogP contribution >= 0.6 is 0 Å². The molecule has 3 atom stereocenters. The zero-order chi connectivity index (χ0) is 20.7. The average Bonchev–Trinajstić information content (AvgIpc) is 2.68. The van der Waals surface area contributed by atoms with Crippen LogP contribution in [0.4, 0.5) is 0 Å². The predicted octanol–water partition coefficient (Wildman–Crippen LogP) is 2.25. The fourth-order valence-corrected chi connectivity index (χ4v) is 4.27. The molecule has 1 aromatic carbocycles. The van der Waals surface area contributed by atoms with E-state index in [4.69, 9.17) is 4.74 Å². The van der Waals surface area contributed by atoms with Crippen LogP contribution in [0.25, 0.3) is 0 Å². The Balaban J connectivity index is 1.87. The van der Waals surface area contributed by atoms with E-state index < -0.39 is 16.0 Å². The summed E-state index contributed by atoms with van der Waals surface area (Å²) in [7, 11) is -3.65. The van der Waals surface area contributed by atoms with Gasteiger partial charge in [-0.1, -0.05) is 32.8 Å². The highest BCUT2D eigenvalue weighted by Gasteiger charge is 2.28. The smallest absolute Gasteiger partial charge is 0.338 e. The van der Waals surface area contributed by atoms with Crippen molar-refractivity contribution in [2.24, 2.45) is 11.8 Å². The summed E-state index contributed by atoms with van der Waals surface area (Å²) in [4.78, 5) is 24.2. The molecule has 0 bridgehead atoms. The Kier molecular flexibility index (Phi) is 7.77. The number of esters is 1. The zero-order valence-corrected chi connectivity index (χ0v) is 17.1. The van der Waals surface area contributed by atoms with Crippen LogP contribution in [-0.4, -0.2) is 39.5 Å². The van der Waals surface area contributed by atoms with Gasteiger partial charge in [-0.2, -0.15) is 0 Å². The summed E-state index contributed by atoms with van der Waals surface area (Å²) in [6.07, 6.45) is 4.61. The maximum atomic E-state index is 12.1. The van der Waals surface area contributed by atoms with Gasteiger partial charge < -0.3 is 10.1 Å². The monoisotopic (exact) mass is 408 g/mol. The van der Waals surface area contributed by atoms with Gasteiger partial charge in [0.2, 0.25) is 10.0 Å². The Hall–Kier alpha value is -2.19. The minimum atomic E-state index is -3.65. The standard InChI is InChI=1S/C20H28N2O5S/c1-4-12-21-28(25,26)17-10-8-16(9-11-17)20(24)27-13-19(23)22-18-7-5-6-14(2)15(18)3/h4,8-11,14-15,18,21H,1,5-7,12-13H2,2-3H3,(H,22,23)/t14-,15+,18+/m0/s1. The van der Waals surface area contributed by atoms with Gasteiger partial charge in [-0.15, -0.1) is 6.58 Å². The number of sulfonamides is 1. The maximum absolute atomic E-state index is 12.1. The molecule has 2 rings (SSSR count). The summed E-state index contributed by atoms with van der Waals surface area (Å²) < 4.78 is 31.4. The Morgan fingerprint density at radius 2 is 1.89 bits per heavy atom. The first-order valence-electron chi connectivity index (χ1n) is 9.41. The number of rotatable bonds is 8. The van der Waals surface area contributed by atoms with Crippen molar-refractivity contribution in [2.45, 2.75) is 44.0 Å². The molecule has 1 aromatic rings. The highest BCUT2D eigenvalue weighted by Crippen LogP contribution is 2.29. The van der Waals surface area contributed by atoms with E-state index >= 15 is 0 Å². The van der Waals surface area contributed by atoms with Gasteiger partial charge in [-0.25, -0.2) is 17.9 Å². The highest BCUT2D eigenvalue weighted by atomic mass is 32.2. The molecule has 154 valence electrons. The van der Waals surface area contributed by atoms with Crippen LogP contribution in [0.2, 0.25) is 0 Å². The van der Waals surface area contributed by atoms with Crippen LogP contribution in [-0.2, 0) is 19.6 Å². The van der Waals surface area contributed by atoms with Crippen molar-refractivity contribution < 1.29 is 22.7 Å². The first-order valence-corrected chi connectivity index (χ1v) is 10.9. The third kappa shape index (κ3) is 5.90. The summed E-state index contributed by atoms with van der Waals surface area (Å²) >= 11 is 0. The lowest BCUT2D eigenvalue weighted by molar-refractivity contribution is -0.125. The molecule has 0 aromatic heterocycles. The number of carbonyl (C=O) groups excluding carboxylic acids is 2. The quantitative estimate of drug-likeness (QED) is 0.507. The fourth-order valence-electron chi connectivity index (χ4n) is 3.27. The number of benzene rings is 1. The molecule has 1 saturated carbocycles. The normalized spacial score (nSPS) is 22.3. The van der Waals surface area contributed by atoms with Gasteiger partial charge in [0.15, 0.2) is 6.61 Å². The number of hydrogen-bond donors (Lipinski definition) is 2. The maximum Gasteiger partial charge on any atom is 0.338 e. The van der Waals surface area contributed by atoms with E-state index in [1.807, 2.05) is 0 Å². The molecule has 1 fully saturated rings. The Morgan fingerprint density at radius 3 is 2.54 bits per heavy atom. The van der Waals surface area contributed by atoms with E-state index in [1.165, 1.54) is 30.3 Å². The first kappa shape index (κ1) is 22.1. The second-order valence-electron chi connectivity index (χ2n) is 7.18. The molecule has 0 saturated heterocycles. The van der Waals surface area contributed by atoms with Gasteiger partial charge in [0.25, 0.3) is 5.91 Å². The van der Waals surface area contributed by atoms with Crippen molar-refractivity contribution in [3.63, 3.8) is 0 Å². The van der Waals surface area contributed by atoms with Crippen molar-refractivity contribution in [2.75, 3.05) is 13.2 Å². The van der Waals surface area contributed by atoms with Gasteiger partial charge in [-0.3, -0.25) is 4.79 Å². The third-order valence-electron chi connectivity index (χ3n) is 5.21. The summed E-state index contributed by atoms with van der Waals surface area (Å²) in [6.45, 7) is 7.51. The SMILES string of the molecule is C=CCNS(=O)(=O)c1ccc(C(=O)OCC(=O)N[C@@H]2CCC[C@H](C)[C@H]2C)cc1. The van der Waals surface area contributed by atoms with Gasteiger partial charge in [0, 0.05) is 12.6 Å². The van der Waals surface area contributed by atoms with Crippen LogP contribution < -0.4 is 10.0 Å². The number of ether oxygens (including phenoxy) is 1. The molecule has 0 aliphatic heterocycles. The van der Waals surface area contributed by atoms with Crippen molar-refractivity contribution in [3.8, 4) is 0 Å². The largest absolute Gasteiger partial charge is 0.452 e. The average molecular weight is 409 g/mol. The molecule has 1 aliphatic rings. The second-order valence-corrected chi connectivity index (χ2v) is 8.95. The summed E-state index contributed by atoms with van der Waals surface area (Å²) in [5, 5.41) is 2.94. The number of amides is 1. The predicted molar refractivity (Wildman–Crippen MR) is 106 cm³/mol. The Bertz CT molecular complexity index is 804. The van der Waals surface area contributed by atoms with Crippen molar-refractivity contribution in [1.82, 2.24) is 10.0 Å². The number of carbonyl (C=O) groups is 2. The van der Waals surface area contributed by atoms with Crippen LogP contribution in [0.5, 0.6) is 0 Å². The highest BCUT2D eigenvalue weighted by molar-refractivity contribution is 7.89. The topological polar surface area (TPSA) is 102 Å². The van der Waals surface area contributed by atoms with E-state index in [-0.39, 0.29) is 35.6 Å². The number of hydrogen-bond acceptors (Lipinski definition) is 5. The molecule has 1 aliphatic carbocycles. The van der Waals surface area contributed by atoms with Crippen molar-refractivity contribution in [3.05, 3.63) is 42.5 Å². The Morgan fingerprint density at radius 1 is 1.21 bits per heavy atom. The zero-order valence-electron chi connectivity index (χ0n) is 16.3. The third-order valence-corrected chi connectivity index (χ3v) is 6.65. The molecule has 0 radical (unpaired) electrons. The van der Waals surface area contributed by atoms with Gasteiger partial charge in [0.1, 0.15) is 0 Å². The Labute approximate surface area is 166 Å². The summed E-state index contributed by atoms with van der Waals surface area (Å²) in [5.74, 6) is -0.0645. The fraction of sp³-hybridized carbons (Fsp3) is 0.500. The van der Waals surface area contributed by atoms with Gasteiger partial charge in [-0.05, 0) is 42.5 Å². The van der Waals surface area contributed by atoms with E-state index in [0.29, 0.717) is 11.8 Å². The molecule has 8 heteroatoms. The molecule has 0 heterocycles. The van der Waals surface area contributed by atoms with Crippen LogP contribution in [0.1, 0.15) is 43.5 Å². The van der Waals surface area contributed by atoms with E-state index in [2.05, 4.69) is 30.5 Å². The van der Waals surface area contributed by atoms with Crippen molar-refractivity contribution >= 4 is 21.9 Å². The van der Waals surface area contributed by atoms with E-state index in [0.717, 1.165) is 19.3 Å². The van der Waals surface area contributed by atoms with Crippen LogP contribution in [0.15, 0.2) is 41.8 Å². The van der Waals surface area contributed by atoms with Gasteiger partial charge >= 0.3 is 5.97 Å². The molecule has 0 unspecified atom stereocenters. The van der Waals surface area contributed by atoms with Crippen molar-refractivity contribution in [1.29, 1.82) is 0 Å².